The topological polar surface area (TPSA) is 54.2 Å². The van der Waals surface area contributed by atoms with Crippen molar-refractivity contribution in [1.82, 2.24) is 4.98 Å². The molecule has 0 spiro atoms. The van der Waals surface area contributed by atoms with Gasteiger partial charge in [0.1, 0.15) is 5.82 Å². The summed E-state index contributed by atoms with van der Waals surface area (Å²) in [6, 6.07) is 3.97. The lowest BCUT2D eigenvalue weighted by Crippen LogP contribution is -2.32. The third-order valence-corrected chi connectivity index (χ3v) is 2.41. The van der Waals surface area contributed by atoms with Crippen molar-refractivity contribution in [2.24, 2.45) is 17.7 Å². The van der Waals surface area contributed by atoms with Crippen molar-refractivity contribution < 1.29 is 0 Å². The van der Waals surface area contributed by atoms with Crippen LogP contribution in [-0.4, -0.2) is 18.1 Å². The van der Waals surface area contributed by atoms with Gasteiger partial charge in [0.15, 0.2) is 0 Å². The van der Waals surface area contributed by atoms with Crippen LogP contribution in [0.4, 0.5) is 11.5 Å². The van der Waals surface area contributed by atoms with Gasteiger partial charge in [-0.1, -0.05) is 27.7 Å². The zero-order chi connectivity index (χ0) is 12.8. The van der Waals surface area contributed by atoms with Gasteiger partial charge >= 0.3 is 0 Å². The lowest BCUT2D eigenvalue weighted by atomic mass is 10.1. The predicted molar refractivity (Wildman–Crippen MR) is 73.9 cm³/mol. The van der Waals surface area contributed by atoms with Crippen LogP contribution in [0.25, 0.3) is 0 Å². The van der Waals surface area contributed by atoms with Gasteiger partial charge in [-0.05, 0) is 24.0 Å². The molecule has 0 bridgehead atoms. The maximum atomic E-state index is 5.33. The number of aromatic nitrogens is 1. The Morgan fingerprint density at radius 1 is 1.18 bits per heavy atom. The minimum absolute atomic E-state index is 0.628. The maximum Gasteiger partial charge on any atom is 0.128 e. The molecule has 4 nitrogen and oxygen atoms in total. The van der Waals surface area contributed by atoms with E-state index in [-0.39, 0.29) is 0 Å². The first kappa shape index (κ1) is 13.8. The molecular formula is C13H24N4. The highest BCUT2D eigenvalue weighted by molar-refractivity contribution is 5.47. The molecule has 0 aliphatic carbocycles. The lowest BCUT2D eigenvalue weighted by Gasteiger charge is -2.27. The quantitative estimate of drug-likeness (QED) is 0.588. The van der Waals surface area contributed by atoms with Crippen molar-refractivity contribution in [2.45, 2.75) is 27.7 Å². The second-order valence-electron chi connectivity index (χ2n) is 5.24. The van der Waals surface area contributed by atoms with E-state index in [2.05, 4.69) is 43.0 Å². The van der Waals surface area contributed by atoms with Crippen LogP contribution in [0, 0.1) is 11.8 Å². The van der Waals surface area contributed by atoms with Crippen LogP contribution in [0.5, 0.6) is 0 Å². The standard InChI is InChI=1S/C13H24N4/c1-10(2)8-17(9-11(3)4)13-6-5-12(16-14)7-15-13/h5-7,10-11,16H,8-9,14H2,1-4H3. The number of hydrogen-bond donors (Lipinski definition) is 2. The van der Waals surface area contributed by atoms with Gasteiger partial charge in [-0.2, -0.15) is 0 Å². The van der Waals surface area contributed by atoms with Gasteiger partial charge in [-0.15, -0.1) is 0 Å². The zero-order valence-corrected chi connectivity index (χ0v) is 11.3. The van der Waals surface area contributed by atoms with E-state index in [1.807, 2.05) is 12.1 Å². The molecule has 1 aromatic heterocycles. The summed E-state index contributed by atoms with van der Waals surface area (Å²) in [4.78, 5) is 6.77. The highest BCUT2D eigenvalue weighted by Crippen LogP contribution is 2.16. The van der Waals surface area contributed by atoms with E-state index in [1.54, 1.807) is 6.20 Å². The number of nitrogens with two attached hydrogens (primary N) is 1. The summed E-state index contributed by atoms with van der Waals surface area (Å²) in [5.41, 5.74) is 3.43. The van der Waals surface area contributed by atoms with Crippen LogP contribution in [0.2, 0.25) is 0 Å². The van der Waals surface area contributed by atoms with Crippen molar-refractivity contribution in [1.29, 1.82) is 0 Å². The molecule has 17 heavy (non-hydrogen) atoms. The third kappa shape index (κ3) is 4.61. The molecule has 1 rings (SSSR count). The minimum Gasteiger partial charge on any atom is -0.356 e. The molecule has 0 aliphatic heterocycles. The van der Waals surface area contributed by atoms with Gasteiger partial charge < -0.3 is 10.3 Å². The van der Waals surface area contributed by atoms with Gasteiger partial charge in [0.25, 0.3) is 0 Å². The fourth-order valence-electron chi connectivity index (χ4n) is 1.80. The number of pyridine rings is 1. The number of hydrogen-bond acceptors (Lipinski definition) is 4. The van der Waals surface area contributed by atoms with E-state index >= 15 is 0 Å². The number of nitrogens with one attached hydrogen (secondary N) is 1. The van der Waals surface area contributed by atoms with Crippen LogP contribution in [-0.2, 0) is 0 Å². The minimum atomic E-state index is 0.628. The molecule has 0 saturated carbocycles. The highest BCUT2D eigenvalue weighted by atomic mass is 15.2. The van der Waals surface area contributed by atoms with E-state index in [4.69, 9.17) is 5.84 Å². The molecule has 0 aliphatic rings. The van der Waals surface area contributed by atoms with E-state index in [0.29, 0.717) is 11.8 Å². The Kier molecular flexibility index (Phi) is 5.22. The van der Waals surface area contributed by atoms with Crippen molar-refractivity contribution >= 4 is 11.5 Å². The molecule has 1 heterocycles. The molecule has 0 aromatic carbocycles. The van der Waals surface area contributed by atoms with E-state index in [1.165, 1.54) is 0 Å². The Labute approximate surface area is 104 Å². The van der Waals surface area contributed by atoms with Crippen LogP contribution >= 0.6 is 0 Å². The summed E-state index contributed by atoms with van der Waals surface area (Å²) < 4.78 is 0. The summed E-state index contributed by atoms with van der Waals surface area (Å²) in [6.45, 7) is 11.0. The first-order valence-corrected chi connectivity index (χ1v) is 6.20. The number of hydrazine groups is 1. The van der Waals surface area contributed by atoms with Gasteiger partial charge in [0.2, 0.25) is 0 Å². The molecule has 0 radical (unpaired) electrons. The Bertz CT molecular complexity index is 309. The average molecular weight is 236 g/mol. The van der Waals surface area contributed by atoms with E-state index < -0.39 is 0 Å². The summed E-state index contributed by atoms with van der Waals surface area (Å²) >= 11 is 0. The number of nitrogens with zero attached hydrogens (tertiary/aromatic N) is 2. The number of anilines is 2. The SMILES string of the molecule is CC(C)CN(CC(C)C)c1ccc(NN)cn1. The molecule has 0 amide bonds. The first-order chi connectivity index (χ1) is 8.02. The molecule has 3 N–H and O–H groups in total. The monoisotopic (exact) mass is 236 g/mol. The largest absolute Gasteiger partial charge is 0.356 e. The van der Waals surface area contributed by atoms with Gasteiger partial charge in [0, 0.05) is 13.1 Å². The Balaban J connectivity index is 2.79. The van der Waals surface area contributed by atoms with Gasteiger partial charge in [-0.3, -0.25) is 5.84 Å². The first-order valence-electron chi connectivity index (χ1n) is 6.20. The molecule has 0 saturated heterocycles. The fourth-order valence-corrected chi connectivity index (χ4v) is 1.80. The predicted octanol–water partition coefficient (Wildman–Crippen LogP) is 2.49. The zero-order valence-electron chi connectivity index (χ0n) is 11.3. The van der Waals surface area contributed by atoms with Gasteiger partial charge in [-0.25, -0.2) is 4.98 Å². The highest BCUT2D eigenvalue weighted by Gasteiger charge is 2.11. The lowest BCUT2D eigenvalue weighted by molar-refractivity contribution is 0.549. The summed E-state index contributed by atoms with van der Waals surface area (Å²) in [5, 5.41) is 0. The van der Waals surface area contributed by atoms with Crippen LogP contribution in [0.3, 0.4) is 0 Å². The normalized spacial score (nSPS) is 11.0. The van der Waals surface area contributed by atoms with Crippen molar-refractivity contribution in [3.63, 3.8) is 0 Å². The molecule has 1 aromatic rings. The van der Waals surface area contributed by atoms with Crippen LogP contribution in [0.1, 0.15) is 27.7 Å². The Hall–Kier alpha value is -1.29. The summed E-state index contributed by atoms with van der Waals surface area (Å²) in [7, 11) is 0. The smallest absolute Gasteiger partial charge is 0.128 e. The Morgan fingerprint density at radius 3 is 2.12 bits per heavy atom. The van der Waals surface area contributed by atoms with E-state index in [0.717, 1.165) is 24.6 Å². The number of nitrogen functional groups attached to an aromatic ring is 1. The molecular weight excluding hydrogens is 212 g/mol. The van der Waals surface area contributed by atoms with Crippen molar-refractivity contribution in [3.8, 4) is 0 Å². The molecule has 96 valence electrons. The Morgan fingerprint density at radius 2 is 1.76 bits per heavy atom. The fraction of sp³-hybridized carbons (Fsp3) is 0.615. The molecule has 0 fully saturated rings. The van der Waals surface area contributed by atoms with Crippen molar-refractivity contribution in [3.05, 3.63) is 18.3 Å². The van der Waals surface area contributed by atoms with Gasteiger partial charge in [0.05, 0.1) is 11.9 Å². The number of rotatable bonds is 6. The van der Waals surface area contributed by atoms with Crippen LogP contribution < -0.4 is 16.2 Å². The molecule has 0 unspecified atom stereocenters. The summed E-state index contributed by atoms with van der Waals surface area (Å²) in [5.74, 6) is 7.61. The summed E-state index contributed by atoms with van der Waals surface area (Å²) in [6.07, 6.45) is 1.77. The van der Waals surface area contributed by atoms with Crippen LogP contribution in [0.15, 0.2) is 18.3 Å². The molecule has 0 atom stereocenters. The third-order valence-electron chi connectivity index (χ3n) is 2.41. The van der Waals surface area contributed by atoms with E-state index in [9.17, 15) is 0 Å². The van der Waals surface area contributed by atoms with Crippen molar-refractivity contribution in [2.75, 3.05) is 23.4 Å². The second-order valence-corrected chi connectivity index (χ2v) is 5.24. The maximum absolute atomic E-state index is 5.33. The second kappa shape index (κ2) is 6.45. The average Bonchev–Trinajstić information content (AvgIpc) is 2.27. The molecule has 4 heteroatoms.